The zero-order valence-corrected chi connectivity index (χ0v) is 17.4. The van der Waals surface area contributed by atoms with E-state index in [-0.39, 0.29) is 11.6 Å². The molecule has 1 aromatic heterocycles. The molecule has 6 nitrogen and oxygen atoms in total. The first-order chi connectivity index (χ1) is 14.8. The highest BCUT2D eigenvalue weighted by atomic mass is 19.4. The summed E-state index contributed by atoms with van der Waals surface area (Å²) in [6.45, 7) is 4.34. The fourth-order valence-electron chi connectivity index (χ4n) is 4.48. The maximum absolute atomic E-state index is 13.0. The maximum Gasteiger partial charge on any atom is 0.416 e. The number of phenols is 1. The molecule has 0 bridgehead atoms. The monoisotopic (exact) mass is 436 g/mol. The number of aromatic hydroxyl groups is 1. The number of anilines is 1. The number of rotatable bonds is 4. The van der Waals surface area contributed by atoms with Crippen LogP contribution >= 0.6 is 0 Å². The van der Waals surface area contributed by atoms with Crippen molar-refractivity contribution < 1.29 is 23.4 Å². The van der Waals surface area contributed by atoms with Crippen LogP contribution in [0.5, 0.6) is 5.75 Å². The van der Waals surface area contributed by atoms with E-state index in [1.165, 1.54) is 6.07 Å². The highest BCUT2D eigenvalue weighted by Crippen LogP contribution is 2.39. The summed E-state index contributed by atoms with van der Waals surface area (Å²) < 4.78 is 39.0. The Morgan fingerprint density at radius 2 is 1.94 bits per heavy atom. The van der Waals surface area contributed by atoms with Gasteiger partial charge in [-0.05, 0) is 49.6 Å². The Balaban J connectivity index is 1.74. The number of benzene rings is 1. The second-order valence-corrected chi connectivity index (χ2v) is 8.31. The zero-order chi connectivity index (χ0) is 22.2. The van der Waals surface area contributed by atoms with Crippen LogP contribution in [0.15, 0.2) is 18.2 Å². The minimum Gasteiger partial charge on any atom is -0.507 e. The van der Waals surface area contributed by atoms with Crippen molar-refractivity contribution in [2.45, 2.75) is 63.9 Å². The lowest BCUT2D eigenvalue weighted by molar-refractivity contribution is -0.137. The molecule has 2 heterocycles. The molecule has 1 saturated carbocycles. The van der Waals surface area contributed by atoms with Gasteiger partial charge in [-0.25, -0.2) is 0 Å². The van der Waals surface area contributed by atoms with Crippen LogP contribution in [0.25, 0.3) is 11.3 Å². The minimum atomic E-state index is -4.53. The third kappa shape index (κ3) is 4.48. The van der Waals surface area contributed by atoms with Crippen LogP contribution in [0.2, 0.25) is 0 Å². The average Bonchev–Trinajstić information content (AvgIpc) is 2.74. The van der Waals surface area contributed by atoms with Crippen LogP contribution in [-0.4, -0.2) is 50.5 Å². The number of aliphatic hydroxyl groups is 1. The smallest absolute Gasteiger partial charge is 0.416 e. The summed E-state index contributed by atoms with van der Waals surface area (Å²) >= 11 is 0. The molecule has 2 atom stereocenters. The van der Waals surface area contributed by atoms with Crippen molar-refractivity contribution in [3.05, 3.63) is 34.9 Å². The van der Waals surface area contributed by atoms with Crippen LogP contribution in [0.3, 0.4) is 0 Å². The molecular formula is C22H27F3N4O2. The second-order valence-electron chi connectivity index (χ2n) is 8.31. The lowest BCUT2D eigenvalue weighted by Gasteiger charge is -2.33. The van der Waals surface area contributed by atoms with Crippen LogP contribution in [0, 0.1) is 0 Å². The molecule has 1 aliphatic carbocycles. The van der Waals surface area contributed by atoms with Crippen LogP contribution < -0.4 is 5.32 Å². The third-order valence-corrected chi connectivity index (χ3v) is 6.32. The molecule has 4 rings (SSSR count). The molecule has 9 heteroatoms. The molecule has 3 N–H and O–H groups in total. The molecule has 1 fully saturated rings. The Labute approximate surface area is 179 Å². The van der Waals surface area contributed by atoms with Crippen molar-refractivity contribution in [2.24, 2.45) is 0 Å². The van der Waals surface area contributed by atoms with E-state index in [2.05, 4.69) is 27.3 Å². The van der Waals surface area contributed by atoms with E-state index in [4.69, 9.17) is 0 Å². The summed E-state index contributed by atoms with van der Waals surface area (Å²) in [5, 5.41) is 32.7. The van der Waals surface area contributed by atoms with Crippen molar-refractivity contribution in [3.8, 4) is 17.0 Å². The average molecular weight is 436 g/mol. The van der Waals surface area contributed by atoms with Crippen LogP contribution in [-0.2, 0) is 19.1 Å². The summed E-state index contributed by atoms with van der Waals surface area (Å²) in [5.41, 5.74) is 1.55. The third-order valence-electron chi connectivity index (χ3n) is 6.32. The van der Waals surface area contributed by atoms with E-state index in [1.54, 1.807) is 0 Å². The van der Waals surface area contributed by atoms with Crippen LogP contribution in [0.4, 0.5) is 19.0 Å². The minimum absolute atomic E-state index is 0.102. The van der Waals surface area contributed by atoms with Gasteiger partial charge in [-0.2, -0.15) is 13.2 Å². The maximum atomic E-state index is 13.0. The molecule has 0 spiro atoms. The first kappa shape index (κ1) is 21.8. The summed E-state index contributed by atoms with van der Waals surface area (Å²) in [5.74, 6) is 0.141. The molecule has 2 aliphatic rings. The van der Waals surface area contributed by atoms with Gasteiger partial charge in [0, 0.05) is 24.2 Å². The SMILES string of the molecule is CCN1CCc2c(-c3ccc(C(F)(F)F)cc3O)nnc(N[C@@H]3CCCC[C@H]3O)c2C1. The van der Waals surface area contributed by atoms with Gasteiger partial charge in [-0.3, -0.25) is 4.90 Å². The fraction of sp³-hybridized carbons (Fsp3) is 0.545. The highest BCUT2D eigenvalue weighted by molar-refractivity contribution is 5.73. The summed E-state index contributed by atoms with van der Waals surface area (Å²) in [6.07, 6.45) is -0.714. The molecule has 0 saturated heterocycles. The Kier molecular flexibility index (Phi) is 6.07. The van der Waals surface area contributed by atoms with Gasteiger partial charge < -0.3 is 15.5 Å². The van der Waals surface area contributed by atoms with Crippen molar-refractivity contribution >= 4 is 5.82 Å². The number of fused-ring (bicyclic) bond motifs is 1. The first-order valence-electron chi connectivity index (χ1n) is 10.7. The van der Waals surface area contributed by atoms with Crippen molar-refractivity contribution in [1.82, 2.24) is 15.1 Å². The number of halogens is 3. The van der Waals surface area contributed by atoms with Crippen molar-refractivity contribution in [1.29, 1.82) is 0 Å². The highest BCUT2D eigenvalue weighted by Gasteiger charge is 2.32. The lowest BCUT2D eigenvalue weighted by Crippen LogP contribution is -2.38. The molecular weight excluding hydrogens is 409 g/mol. The molecule has 0 amide bonds. The first-order valence-corrected chi connectivity index (χ1v) is 10.7. The molecule has 2 aromatic rings. The van der Waals surface area contributed by atoms with E-state index >= 15 is 0 Å². The van der Waals surface area contributed by atoms with Crippen LogP contribution in [0.1, 0.15) is 49.3 Å². The molecule has 168 valence electrons. The second kappa shape index (κ2) is 8.63. The zero-order valence-electron chi connectivity index (χ0n) is 17.4. The number of nitrogens with one attached hydrogen (secondary N) is 1. The van der Waals surface area contributed by atoms with Gasteiger partial charge >= 0.3 is 6.18 Å². The van der Waals surface area contributed by atoms with Gasteiger partial charge in [0.25, 0.3) is 0 Å². The molecule has 1 aliphatic heterocycles. The Morgan fingerprint density at radius 1 is 1.16 bits per heavy atom. The van der Waals surface area contributed by atoms with Gasteiger partial charge in [-0.1, -0.05) is 19.8 Å². The molecule has 31 heavy (non-hydrogen) atoms. The summed E-state index contributed by atoms with van der Waals surface area (Å²) in [4.78, 5) is 2.25. The number of phenolic OH excluding ortho intramolecular Hbond substituents is 1. The van der Waals surface area contributed by atoms with Gasteiger partial charge in [0.2, 0.25) is 0 Å². The number of aromatic nitrogens is 2. The fourth-order valence-corrected chi connectivity index (χ4v) is 4.48. The van der Waals surface area contributed by atoms with E-state index < -0.39 is 23.6 Å². The lowest BCUT2D eigenvalue weighted by atomic mass is 9.91. The summed E-state index contributed by atoms with van der Waals surface area (Å²) in [6, 6.07) is 2.84. The van der Waals surface area contributed by atoms with Gasteiger partial charge in [0.15, 0.2) is 5.82 Å². The quantitative estimate of drug-likeness (QED) is 0.673. The van der Waals surface area contributed by atoms with Gasteiger partial charge in [0.1, 0.15) is 11.4 Å². The van der Waals surface area contributed by atoms with Crippen molar-refractivity contribution in [2.75, 3.05) is 18.4 Å². The number of likely N-dealkylation sites (N-methyl/N-ethyl adjacent to an activating group) is 1. The molecule has 1 aromatic carbocycles. The normalized spacial score (nSPS) is 22.2. The van der Waals surface area contributed by atoms with Gasteiger partial charge in [0.05, 0.1) is 17.7 Å². The molecule has 0 unspecified atom stereocenters. The van der Waals surface area contributed by atoms with E-state index in [0.29, 0.717) is 24.5 Å². The Bertz CT molecular complexity index is 951. The largest absolute Gasteiger partial charge is 0.507 e. The Hall–Kier alpha value is -2.39. The number of hydrogen-bond donors (Lipinski definition) is 3. The number of aliphatic hydroxyl groups excluding tert-OH is 1. The number of nitrogens with zero attached hydrogens (tertiary/aromatic N) is 3. The Morgan fingerprint density at radius 3 is 2.61 bits per heavy atom. The summed E-state index contributed by atoms with van der Waals surface area (Å²) in [7, 11) is 0. The van der Waals surface area contributed by atoms with E-state index in [0.717, 1.165) is 62.0 Å². The van der Waals surface area contributed by atoms with E-state index in [9.17, 15) is 23.4 Å². The topological polar surface area (TPSA) is 81.5 Å². The predicted molar refractivity (Wildman–Crippen MR) is 111 cm³/mol. The standard InChI is InChI=1S/C22H27F3N4O2/c1-2-29-10-9-14-16(12-29)21(26-17-5-3-4-6-18(17)30)28-27-20(14)15-8-7-13(11-19(15)31)22(23,24)25/h7-8,11,17-18,30-31H,2-6,9-10,12H2,1H3,(H,26,28)/t17-,18-/m1/s1. The predicted octanol–water partition coefficient (Wildman–Crippen LogP) is 3.96. The number of hydrogen-bond acceptors (Lipinski definition) is 6. The number of alkyl halides is 3. The van der Waals surface area contributed by atoms with E-state index in [1.807, 2.05) is 0 Å². The molecule has 0 radical (unpaired) electrons. The van der Waals surface area contributed by atoms with Gasteiger partial charge in [-0.15, -0.1) is 10.2 Å². The van der Waals surface area contributed by atoms with Crippen molar-refractivity contribution in [3.63, 3.8) is 0 Å².